The van der Waals surface area contributed by atoms with Gasteiger partial charge in [0.25, 0.3) is 0 Å². The second-order valence-electron chi connectivity index (χ2n) is 7.61. The van der Waals surface area contributed by atoms with Crippen LogP contribution in [-0.4, -0.2) is 50.3 Å². The molecule has 4 rings (SSSR count). The van der Waals surface area contributed by atoms with E-state index in [0.29, 0.717) is 36.3 Å². The number of ether oxygens (including phenoxy) is 3. The van der Waals surface area contributed by atoms with Gasteiger partial charge in [-0.3, -0.25) is 9.69 Å². The molecule has 0 aromatic heterocycles. The lowest BCUT2D eigenvalue weighted by Gasteiger charge is -2.26. The molecule has 0 unspecified atom stereocenters. The van der Waals surface area contributed by atoms with E-state index in [2.05, 4.69) is 34.5 Å². The van der Waals surface area contributed by atoms with Crippen LogP contribution in [-0.2, 0) is 29.0 Å². The Morgan fingerprint density at radius 3 is 2.50 bits per heavy atom. The van der Waals surface area contributed by atoms with E-state index in [-0.39, 0.29) is 12.3 Å². The fraction of sp³-hybridized carbons (Fsp3) is 0.435. The molecule has 0 radical (unpaired) electrons. The summed E-state index contributed by atoms with van der Waals surface area (Å²) in [7, 11) is 0. The molecule has 160 valence electrons. The Kier molecular flexibility index (Phi) is 7.10. The summed E-state index contributed by atoms with van der Waals surface area (Å²) in [5, 5.41) is 3.46. The lowest BCUT2D eigenvalue weighted by Crippen LogP contribution is -2.35. The van der Waals surface area contributed by atoms with Gasteiger partial charge in [0.2, 0.25) is 5.91 Å². The van der Waals surface area contributed by atoms with Crippen LogP contribution in [0.5, 0.6) is 11.5 Å². The summed E-state index contributed by atoms with van der Waals surface area (Å²) in [5.74, 6) is 1.12. The van der Waals surface area contributed by atoms with Gasteiger partial charge in [0.15, 0.2) is 11.5 Å². The molecule has 0 spiro atoms. The predicted octanol–water partition coefficient (Wildman–Crippen LogP) is 3.19. The van der Waals surface area contributed by atoms with Crippen LogP contribution in [0.15, 0.2) is 36.4 Å². The van der Waals surface area contributed by atoms with Crippen LogP contribution >= 0.6 is 11.6 Å². The number of rotatable bonds is 6. The fourth-order valence-corrected chi connectivity index (χ4v) is 3.90. The highest BCUT2D eigenvalue weighted by Crippen LogP contribution is 2.38. The first-order valence-electron chi connectivity index (χ1n) is 10.4. The van der Waals surface area contributed by atoms with Crippen LogP contribution in [0.4, 0.5) is 0 Å². The lowest BCUT2D eigenvalue weighted by atomic mass is 10.1. The van der Waals surface area contributed by atoms with E-state index in [9.17, 15) is 4.79 Å². The van der Waals surface area contributed by atoms with Gasteiger partial charge in [0, 0.05) is 32.6 Å². The average Bonchev–Trinajstić information content (AvgIpc) is 3.00. The third kappa shape index (κ3) is 5.65. The average molecular weight is 431 g/mol. The third-order valence-corrected chi connectivity index (χ3v) is 5.53. The molecule has 1 saturated heterocycles. The van der Waals surface area contributed by atoms with Crippen molar-refractivity contribution in [3.05, 3.63) is 58.1 Å². The number of carbonyl (C=O) groups excluding carboxylic acids is 1. The maximum absolute atomic E-state index is 12.4. The number of benzene rings is 2. The number of morpholine rings is 1. The minimum Gasteiger partial charge on any atom is -0.489 e. The smallest absolute Gasteiger partial charge is 0.224 e. The molecule has 7 heteroatoms. The Hall–Kier alpha value is -2.28. The largest absolute Gasteiger partial charge is 0.489 e. The van der Waals surface area contributed by atoms with E-state index < -0.39 is 0 Å². The van der Waals surface area contributed by atoms with Crippen molar-refractivity contribution in [1.29, 1.82) is 0 Å². The maximum atomic E-state index is 12.4. The number of hydrogen-bond acceptors (Lipinski definition) is 5. The van der Waals surface area contributed by atoms with Crippen molar-refractivity contribution in [2.45, 2.75) is 25.9 Å². The zero-order valence-corrected chi connectivity index (χ0v) is 17.7. The Morgan fingerprint density at radius 2 is 1.70 bits per heavy atom. The summed E-state index contributed by atoms with van der Waals surface area (Å²) in [6.07, 6.45) is 1.05. The summed E-state index contributed by atoms with van der Waals surface area (Å²) in [5.41, 5.74) is 3.15. The van der Waals surface area contributed by atoms with Crippen LogP contribution in [0.2, 0.25) is 5.02 Å². The van der Waals surface area contributed by atoms with Crippen molar-refractivity contribution < 1.29 is 19.0 Å². The summed E-state index contributed by atoms with van der Waals surface area (Å²) in [4.78, 5) is 14.8. The SMILES string of the molecule is O=C(Cc1cc(Cl)c2c(c1)OCCCO2)NCc1ccc(CN2CCOCC2)cc1. The van der Waals surface area contributed by atoms with Gasteiger partial charge in [-0.25, -0.2) is 0 Å². The zero-order chi connectivity index (χ0) is 20.8. The van der Waals surface area contributed by atoms with Gasteiger partial charge in [-0.05, 0) is 28.8 Å². The summed E-state index contributed by atoms with van der Waals surface area (Å²) < 4.78 is 16.7. The summed E-state index contributed by atoms with van der Waals surface area (Å²) >= 11 is 6.31. The van der Waals surface area contributed by atoms with Crippen molar-refractivity contribution in [3.8, 4) is 11.5 Å². The van der Waals surface area contributed by atoms with Gasteiger partial charge < -0.3 is 19.5 Å². The molecule has 0 saturated carbocycles. The van der Waals surface area contributed by atoms with Crippen LogP contribution in [0.1, 0.15) is 23.1 Å². The summed E-state index contributed by atoms with van der Waals surface area (Å²) in [6.45, 7) is 6.15. The normalized spacial score (nSPS) is 16.7. The highest BCUT2D eigenvalue weighted by Gasteiger charge is 2.17. The zero-order valence-electron chi connectivity index (χ0n) is 17.0. The summed E-state index contributed by atoms with van der Waals surface area (Å²) in [6, 6.07) is 12.0. The van der Waals surface area contributed by atoms with Crippen LogP contribution in [0.25, 0.3) is 0 Å². The number of fused-ring (bicyclic) bond motifs is 1. The van der Waals surface area contributed by atoms with Crippen molar-refractivity contribution in [2.24, 2.45) is 0 Å². The highest BCUT2D eigenvalue weighted by atomic mass is 35.5. The number of nitrogens with zero attached hydrogens (tertiary/aromatic N) is 1. The first kappa shape index (κ1) is 21.0. The van der Waals surface area contributed by atoms with E-state index in [1.807, 2.05) is 6.07 Å². The molecule has 2 aliphatic rings. The van der Waals surface area contributed by atoms with Gasteiger partial charge in [-0.1, -0.05) is 35.9 Å². The number of amides is 1. The van der Waals surface area contributed by atoms with E-state index >= 15 is 0 Å². The number of nitrogens with one attached hydrogen (secondary N) is 1. The first-order valence-corrected chi connectivity index (χ1v) is 10.8. The van der Waals surface area contributed by atoms with Crippen molar-refractivity contribution >= 4 is 17.5 Å². The minimum absolute atomic E-state index is 0.0575. The molecular formula is C23H27ClN2O4. The van der Waals surface area contributed by atoms with Crippen LogP contribution < -0.4 is 14.8 Å². The van der Waals surface area contributed by atoms with Crippen molar-refractivity contribution in [1.82, 2.24) is 10.2 Å². The van der Waals surface area contributed by atoms with Crippen molar-refractivity contribution in [3.63, 3.8) is 0 Å². The quantitative estimate of drug-likeness (QED) is 0.762. The Morgan fingerprint density at radius 1 is 0.967 bits per heavy atom. The maximum Gasteiger partial charge on any atom is 0.224 e. The van der Waals surface area contributed by atoms with Gasteiger partial charge in [0.05, 0.1) is 37.9 Å². The Labute approximate surface area is 182 Å². The van der Waals surface area contributed by atoms with Gasteiger partial charge in [0.1, 0.15) is 0 Å². The first-order chi connectivity index (χ1) is 14.7. The number of halogens is 1. The predicted molar refractivity (Wildman–Crippen MR) is 115 cm³/mol. The Balaban J connectivity index is 1.28. The monoisotopic (exact) mass is 430 g/mol. The molecule has 2 aromatic carbocycles. The minimum atomic E-state index is -0.0575. The van der Waals surface area contributed by atoms with E-state index in [4.69, 9.17) is 25.8 Å². The molecule has 1 amide bonds. The number of carbonyl (C=O) groups is 1. The molecule has 0 bridgehead atoms. The van der Waals surface area contributed by atoms with Crippen LogP contribution in [0.3, 0.4) is 0 Å². The fourth-order valence-electron chi connectivity index (χ4n) is 3.61. The van der Waals surface area contributed by atoms with Crippen LogP contribution in [0, 0.1) is 0 Å². The second kappa shape index (κ2) is 10.2. The molecule has 0 atom stereocenters. The molecule has 30 heavy (non-hydrogen) atoms. The molecule has 1 N–H and O–H groups in total. The molecular weight excluding hydrogens is 404 g/mol. The van der Waals surface area contributed by atoms with E-state index in [0.717, 1.165) is 50.4 Å². The molecule has 2 aromatic rings. The molecule has 2 aliphatic heterocycles. The van der Waals surface area contributed by atoms with Crippen molar-refractivity contribution in [2.75, 3.05) is 39.5 Å². The molecule has 6 nitrogen and oxygen atoms in total. The lowest BCUT2D eigenvalue weighted by molar-refractivity contribution is -0.120. The van der Waals surface area contributed by atoms with Gasteiger partial charge in [-0.15, -0.1) is 0 Å². The molecule has 2 heterocycles. The third-order valence-electron chi connectivity index (χ3n) is 5.25. The highest BCUT2D eigenvalue weighted by molar-refractivity contribution is 6.32. The Bertz CT molecular complexity index is 866. The van der Waals surface area contributed by atoms with Gasteiger partial charge >= 0.3 is 0 Å². The molecule has 1 fully saturated rings. The van der Waals surface area contributed by atoms with E-state index in [1.165, 1.54) is 5.56 Å². The standard InChI is InChI=1S/C23H27ClN2O4/c24-20-12-19(13-21-23(20)30-9-1-8-29-21)14-22(27)25-15-17-2-4-18(5-3-17)16-26-6-10-28-11-7-26/h2-5,12-13H,1,6-11,14-16H2,(H,25,27). The second-order valence-corrected chi connectivity index (χ2v) is 8.02. The van der Waals surface area contributed by atoms with Gasteiger partial charge in [-0.2, -0.15) is 0 Å². The van der Waals surface area contributed by atoms with E-state index in [1.54, 1.807) is 6.07 Å². The molecule has 0 aliphatic carbocycles. The number of hydrogen-bond donors (Lipinski definition) is 1. The topological polar surface area (TPSA) is 60.0 Å².